The molecule has 0 spiro atoms. The summed E-state index contributed by atoms with van der Waals surface area (Å²) in [4.78, 5) is 0. The van der Waals surface area contributed by atoms with Crippen LogP contribution in [0.25, 0.3) is 0 Å². The minimum atomic E-state index is 0.334. The molecule has 0 heterocycles. The van der Waals surface area contributed by atoms with Crippen molar-refractivity contribution in [3.8, 4) is 0 Å². The Morgan fingerprint density at radius 2 is 2.06 bits per heavy atom. The van der Waals surface area contributed by atoms with Crippen LogP contribution in [-0.2, 0) is 0 Å². The van der Waals surface area contributed by atoms with Gasteiger partial charge in [0, 0.05) is 15.5 Å². The lowest BCUT2D eigenvalue weighted by atomic mass is 9.96. The van der Waals surface area contributed by atoms with E-state index in [1.807, 2.05) is 12.1 Å². The maximum Gasteiger partial charge on any atom is 0.0465 e. The van der Waals surface area contributed by atoms with Gasteiger partial charge in [0.2, 0.25) is 0 Å². The first-order valence-corrected chi connectivity index (χ1v) is 6.91. The van der Waals surface area contributed by atoms with Gasteiger partial charge in [-0.1, -0.05) is 54.4 Å². The van der Waals surface area contributed by atoms with Gasteiger partial charge in [0.05, 0.1) is 0 Å². The van der Waals surface area contributed by atoms with Gasteiger partial charge >= 0.3 is 0 Å². The second-order valence-corrected chi connectivity index (χ2v) is 5.66. The lowest BCUT2D eigenvalue weighted by Crippen LogP contribution is -2.26. The van der Waals surface area contributed by atoms with Gasteiger partial charge in [0.15, 0.2) is 0 Å². The number of benzene rings is 1. The van der Waals surface area contributed by atoms with Crippen LogP contribution >= 0.6 is 27.5 Å². The Morgan fingerprint density at radius 1 is 1.38 bits per heavy atom. The van der Waals surface area contributed by atoms with E-state index in [1.165, 1.54) is 5.56 Å². The zero-order valence-electron chi connectivity index (χ0n) is 10.1. The predicted octanol–water partition coefficient (Wildman–Crippen LogP) is 4.80. The third-order valence-corrected chi connectivity index (χ3v) is 3.40. The van der Waals surface area contributed by atoms with Crippen LogP contribution in [0.4, 0.5) is 0 Å². The number of hydrogen-bond acceptors (Lipinski definition) is 1. The molecule has 1 aromatic rings. The van der Waals surface area contributed by atoms with E-state index >= 15 is 0 Å². The summed E-state index contributed by atoms with van der Waals surface area (Å²) in [5.41, 5.74) is 1.19. The largest absolute Gasteiger partial charge is 0.310 e. The molecular weight excluding hydrogens is 286 g/mol. The Bertz CT molecular complexity index is 339. The second-order valence-electron chi connectivity index (χ2n) is 4.34. The lowest BCUT2D eigenvalue weighted by Gasteiger charge is -2.24. The van der Waals surface area contributed by atoms with Crippen molar-refractivity contribution in [1.82, 2.24) is 5.32 Å². The van der Waals surface area contributed by atoms with Gasteiger partial charge in [0.1, 0.15) is 0 Å². The Hall–Kier alpha value is -0.0500. The van der Waals surface area contributed by atoms with Gasteiger partial charge in [-0.3, -0.25) is 0 Å². The molecule has 0 radical (unpaired) electrons. The van der Waals surface area contributed by atoms with E-state index in [-0.39, 0.29) is 0 Å². The topological polar surface area (TPSA) is 12.0 Å². The summed E-state index contributed by atoms with van der Waals surface area (Å²) in [7, 11) is 0. The molecule has 0 aliphatic rings. The highest BCUT2D eigenvalue weighted by Gasteiger charge is 2.17. The van der Waals surface area contributed by atoms with Crippen molar-refractivity contribution in [2.24, 2.45) is 5.92 Å². The first-order valence-electron chi connectivity index (χ1n) is 5.74. The van der Waals surface area contributed by atoms with Gasteiger partial charge in [-0.15, -0.1) is 0 Å². The van der Waals surface area contributed by atoms with Crippen LogP contribution in [0.5, 0.6) is 0 Å². The fourth-order valence-corrected chi connectivity index (χ4v) is 2.55. The van der Waals surface area contributed by atoms with Gasteiger partial charge in [-0.05, 0) is 36.6 Å². The number of nitrogens with one attached hydrogen (secondary N) is 1. The van der Waals surface area contributed by atoms with E-state index < -0.39 is 0 Å². The fourth-order valence-electron chi connectivity index (χ4n) is 1.76. The summed E-state index contributed by atoms with van der Waals surface area (Å²) >= 11 is 9.71. The first kappa shape index (κ1) is 14.0. The van der Waals surface area contributed by atoms with Gasteiger partial charge in [0.25, 0.3) is 0 Å². The van der Waals surface area contributed by atoms with E-state index in [4.69, 9.17) is 11.6 Å². The molecule has 0 aliphatic heterocycles. The molecule has 1 nitrogen and oxygen atoms in total. The zero-order chi connectivity index (χ0) is 12.1. The van der Waals surface area contributed by atoms with E-state index in [1.54, 1.807) is 0 Å². The highest BCUT2D eigenvalue weighted by atomic mass is 79.9. The zero-order valence-corrected chi connectivity index (χ0v) is 12.4. The first-order chi connectivity index (χ1) is 7.56. The van der Waals surface area contributed by atoms with Crippen molar-refractivity contribution in [2.75, 3.05) is 6.54 Å². The highest BCUT2D eigenvalue weighted by molar-refractivity contribution is 9.10. The third-order valence-electron chi connectivity index (χ3n) is 2.58. The van der Waals surface area contributed by atoms with Crippen LogP contribution in [0.2, 0.25) is 5.02 Å². The van der Waals surface area contributed by atoms with E-state index in [2.05, 4.69) is 48.1 Å². The van der Waals surface area contributed by atoms with Crippen LogP contribution < -0.4 is 5.32 Å². The van der Waals surface area contributed by atoms with E-state index in [9.17, 15) is 0 Å². The van der Waals surface area contributed by atoms with Crippen LogP contribution in [0.1, 0.15) is 38.8 Å². The maximum atomic E-state index is 6.28. The summed E-state index contributed by atoms with van der Waals surface area (Å²) in [6.45, 7) is 7.63. The molecule has 1 atom stereocenters. The molecule has 0 aromatic heterocycles. The molecule has 0 saturated carbocycles. The Balaban J connectivity index is 2.92. The smallest absolute Gasteiger partial charge is 0.0465 e. The number of rotatable bonds is 5. The lowest BCUT2D eigenvalue weighted by molar-refractivity contribution is 0.413. The van der Waals surface area contributed by atoms with Crippen LogP contribution in [0, 0.1) is 5.92 Å². The second kappa shape index (κ2) is 6.63. The summed E-state index contributed by atoms with van der Waals surface area (Å²) in [6, 6.07) is 6.43. The third kappa shape index (κ3) is 3.76. The fraction of sp³-hybridized carbons (Fsp3) is 0.538. The molecule has 3 heteroatoms. The van der Waals surface area contributed by atoms with Gasteiger partial charge in [-0.2, -0.15) is 0 Å². The normalized spacial score (nSPS) is 13.1. The Morgan fingerprint density at radius 3 is 2.56 bits per heavy atom. The molecule has 0 aliphatic carbocycles. The van der Waals surface area contributed by atoms with Crippen molar-refractivity contribution in [1.29, 1.82) is 0 Å². The van der Waals surface area contributed by atoms with Crippen molar-refractivity contribution < 1.29 is 0 Å². The molecule has 0 amide bonds. The van der Waals surface area contributed by atoms with Gasteiger partial charge in [-0.25, -0.2) is 0 Å². The Kier molecular flexibility index (Phi) is 5.81. The maximum absolute atomic E-state index is 6.28. The van der Waals surface area contributed by atoms with Crippen molar-refractivity contribution in [2.45, 2.75) is 33.2 Å². The summed E-state index contributed by atoms with van der Waals surface area (Å²) in [5.74, 6) is 0.533. The molecule has 0 bridgehead atoms. The quantitative estimate of drug-likeness (QED) is 0.824. The molecule has 90 valence electrons. The molecule has 1 unspecified atom stereocenters. The predicted molar refractivity (Wildman–Crippen MR) is 75.0 cm³/mol. The molecule has 0 saturated heterocycles. The average Bonchev–Trinajstić information content (AvgIpc) is 2.20. The minimum Gasteiger partial charge on any atom is -0.310 e. The van der Waals surface area contributed by atoms with Crippen molar-refractivity contribution in [3.05, 3.63) is 33.3 Å². The van der Waals surface area contributed by atoms with Crippen LogP contribution in [0.3, 0.4) is 0 Å². The number of halogens is 2. The number of hydrogen-bond donors (Lipinski definition) is 1. The molecule has 0 fully saturated rings. The monoisotopic (exact) mass is 303 g/mol. The molecule has 1 aromatic carbocycles. The highest BCUT2D eigenvalue weighted by Crippen LogP contribution is 2.30. The molecule has 16 heavy (non-hydrogen) atoms. The summed E-state index contributed by atoms with van der Waals surface area (Å²) < 4.78 is 1.03. The molecular formula is C13H19BrClN. The summed E-state index contributed by atoms with van der Waals surface area (Å²) in [5, 5.41) is 4.38. The van der Waals surface area contributed by atoms with Crippen LogP contribution in [-0.4, -0.2) is 6.54 Å². The van der Waals surface area contributed by atoms with Crippen LogP contribution in [0.15, 0.2) is 22.7 Å². The van der Waals surface area contributed by atoms with Gasteiger partial charge < -0.3 is 5.32 Å². The summed E-state index contributed by atoms with van der Waals surface area (Å²) in [6.07, 6.45) is 1.14. The average molecular weight is 305 g/mol. The Labute approximate surface area is 112 Å². The van der Waals surface area contributed by atoms with Crippen molar-refractivity contribution in [3.63, 3.8) is 0 Å². The van der Waals surface area contributed by atoms with Crippen molar-refractivity contribution >= 4 is 27.5 Å². The molecule has 1 N–H and O–H groups in total. The van der Waals surface area contributed by atoms with E-state index in [0.29, 0.717) is 12.0 Å². The van der Waals surface area contributed by atoms with E-state index in [0.717, 1.165) is 22.5 Å². The standard InChI is InChI=1S/C13H19BrClN/c1-4-7-16-13(9(2)3)11-6-5-10(14)8-12(11)15/h5-6,8-9,13,16H,4,7H2,1-3H3. The minimum absolute atomic E-state index is 0.334. The molecule has 1 rings (SSSR count). The SMILES string of the molecule is CCCNC(c1ccc(Br)cc1Cl)C(C)C.